The summed E-state index contributed by atoms with van der Waals surface area (Å²) in [5.74, 6) is -1.39. The topological polar surface area (TPSA) is 116 Å². The van der Waals surface area contributed by atoms with Gasteiger partial charge in [0.15, 0.2) is 0 Å². The first-order valence-electron chi connectivity index (χ1n) is 6.31. The molecule has 0 aromatic heterocycles. The molecule has 2 atom stereocenters. The van der Waals surface area contributed by atoms with Crippen molar-refractivity contribution in [1.29, 1.82) is 5.26 Å². The predicted octanol–water partition coefficient (Wildman–Crippen LogP) is 0.965. The monoisotopic (exact) mass is 301 g/mol. The Hall–Kier alpha value is -1.26. The molecule has 0 aliphatic heterocycles. The van der Waals surface area contributed by atoms with E-state index in [1.165, 1.54) is 0 Å². The summed E-state index contributed by atoms with van der Waals surface area (Å²) in [5, 5.41) is 20.7. The summed E-state index contributed by atoms with van der Waals surface area (Å²) in [7, 11) is 0. The van der Waals surface area contributed by atoms with Crippen LogP contribution in [0.25, 0.3) is 0 Å². The van der Waals surface area contributed by atoms with Gasteiger partial charge in [0.05, 0.1) is 11.8 Å². The highest BCUT2D eigenvalue weighted by Crippen LogP contribution is 2.27. The first kappa shape index (κ1) is 18.7. The average molecular weight is 301 g/mol. The second-order valence-electron chi connectivity index (χ2n) is 5.73. The Morgan fingerprint density at radius 1 is 1.40 bits per heavy atom. The molecular weight excluding hydrogens is 278 g/mol. The number of hydrogen-bond donors (Lipinski definition) is 3. The van der Waals surface area contributed by atoms with E-state index in [9.17, 15) is 9.59 Å². The molecule has 20 heavy (non-hydrogen) atoms. The Morgan fingerprint density at radius 2 is 1.90 bits per heavy atom. The van der Waals surface area contributed by atoms with Gasteiger partial charge in [0.25, 0.3) is 0 Å². The quantitative estimate of drug-likeness (QED) is 0.645. The molecule has 0 heterocycles. The predicted molar refractivity (Wildman–Crippen MR) is 79.1 cm³/mol. The number of rotatable bonds is 7. The van der Waals surface area contributed by atoms with Crippen LogP contribution in [0.2, 0.25) is 0 Å². The van der Waals surface area contributed by atoms with Crippen LogP contribution in [0.5, 0.6) is 0 Å². The highest BCUT2D eigenvalue weighted by molar-refractivity contribution is 8.01. The molecule has 0 aromatic carbocycles. The Kier molecular flexibility index (Phi) is 6.51. The second kappa shape index (κ2) is 6.95. The molecule has 1 unspecified atom stereocenters. The number of nitrogens with one attached hydrogen (secondary N) is 1. The lowest BCUT2D eigenvalue weighted by Gasteiger charge is -2.30. The number of nitrogens with zero attached hydrogens (tertiary/aromatic N) is 1. The van der Waals surface area contributed by atoms with Gasteiger partial charge >= 0.3 is 5.97 Å². The zero-order valence-corrected chi connectivity index (χ0v) is 13.4. The van der Waals surface area contributed by atoms with Crippen LogP contribution in [0.1, 0.15) is 34.6 Å². The lowest BCUT2D eigenvalue weighted by atomic mass is 9.90. The molecule has 1 amide bonds. The number of carboxylic acid groups (broad SMARTS) is 1. The number of nitriles is 1. The van der Waals surface area contributed by atoms with Crippen LogP contribution in [0, 0.1) is 17.2 Å². The van der Waals surface area contributed by atoms with Crippen LogP contribution < -0.4 is 11.1 Å². The van der Waals surface area contributed by atoms with Crippen molar-refractivity contribution in [2.45, 2.75) is 50.9 Å². The third kappa shape index (κ3) is 5.02. The van der Waals surface area contributed by atoms with Crippen LogP contribution in [0.15, 0.2) is 0 Å². The molecule has 0 saturated heterocycles. The summed E-state index contributed by atoms with van der Waals surface area (Å²) in [6, 6.07) is 1.02. The fraction of sp³-hybridized carbons (Fsp3) is 0.769. The Labute approximate surface area is 124 Å². The van der Waals surface area contributed by atoms with E-state index in [4.69, 9.17) is 16.1 Å². The molecular formula is C13H23N3O3S. The maximum Gasteiger partial charge on any atom is 0.321 e. The Morgan fingerprint density at radius 3 is 2.25 bits per heavy atom. The third-order valence-electron chi connectivity index (χ3n) is 3.38. The number of carbonyl (C=O) groups is 2. The standard InChI is InChI=1S/C13H23N3O3S/c1-8(2)13(5,7-14)16-9(17)6-20-12(3,4)10(15)11(18)19/h8,10H,6,15H2,1-5H3,(H,16,17)(H,18,19)/t10-,13?/m1/s1. The van der Waals surface area contributed by atoms with Crippen LogP contribution in [-0.2, 0) is 9.59 Å². The van der Waals surface area contributed by atoms with E-state index in [-0.39, 0.29) is 17.6 Å². The van der Waals surface area contributed by atoms with E-state index in [2.05, 4.69) is 11.4 Å². The molecule has 0 saturated carbocycles. The molecule has 0 aliphatic carbocycles. The Balaban J connectivity index is 4.59. The highest BCUT2D eigenvalue weighted by Gasteiger charge is 2.34. The highest BCUT2D eigenvalue weighted by atomic mass is 32.2. The largest absolute Gasteiger partial charge is 0.480 e. The maximum atomic E-state index is 11.9. The minimum Gasteiger partial charge on any atom is -0.480 e. The summed E-state index contributed by atoms with van der Waals surface area (Å²) in [6.07, 6.45) is 0. The smallest absolute Gasteiger partial charge is 0.321 e. The van der Waals surface area contributed by atoms with Crippen molar-refractivity contribution in [3.8, 4) is 6.07 Å². The summed E-state index contributed by atoms with van der Waals surface area (Å²) in [4.78, 5) is 22.8. The molecule has 0 bridgehead atoms. The zero-order chi connectivity index (χ0) is 16.1. The normalized spacial score (nSPS) is 16.1. The van der Waals surface area contributed by atoms with Crippen LogP contribution in [0.3, 0.4) is 0 Å². The molecule has 0 aromatic rings. The van der Waals surface area contributed by atoms with Crippen molar-refractivity contribution >= 4 is 23.6 Å². The zero-order valence-electron chi connectivity index (χ0n) is 12.6. The van der Waals surface area contributed by atoms with Gasteiger partial charge in [0.2, 0.25) is 5.91 Å². The lowest BCUT2D eigenvalue weighted by Crippen LogP contribution is -2.51. The van der Waals surface area contributed by atoms with Crippen LogP contribution >= 0.6 is 11.8 Å². The van der Waals surface area contributed by atoms with E-state index in [0.717, 1.165) is 11.8 Å². The van der Waals surface area contributed by atoms with Crippen molar-refractivity contribution in [2.24, 2.45) is 11.7 Å². The third-order valence-corrected chi connectivity index (χ3v) is 4.78. The van der Waals surface area contributed by atoms with E-state index in [1.807, 2.05) is 13.8 Å². The molecule has 0 radical (unpaired) electrons. The van der Waals surface area contributed by atoms with Crippen molar-refractivity contribution in [1.82, 2.24) is 5.32 Å². The van der Waals surface area contributed by atoms with Crippen molar-refractivity contribution in [2.75, 3.05) is 5.75 Å². The minimum absolute atomic E-state index is 0.0317. The summed E-state index contributed by atoms with van der Waals surface area (Å²) in [5.41, 5.74) is 4.64. The first-order valence-corrected chi connectivity index (χ1v) is 7.29. The van der Waals surface area contributed by atoms with Gasteiger partial charge < -0.3 is 16.2 Å². The van der Waals surface area contributed by atoms with Gasteiger partial charge in [-0.2, -0.15) is 5.26 Å². The molecule has 7 heteroatoms. The SMILES string of the molecule is CC(C)C(C)(C#N)NC(=O)CSC(C)(C)[C@H](N)C(=O)O. The number of nitrogens with two attached hydrogens (primary N) is 1. The molecule has 0 aliphatic rings. The van der Waals surface area contributed by atoms with Crippen molar-refractivity contribution < 1.29 is 14.7 Å². The summed E-state index contributed by atoms with van der Waals surface area (Å²) in [6.45, 7) is 8.71. The first-order chi connectivity index (χ1) is 8.96. The molecule has 6 nitrogen and oxygen atoms in total. The maximum absolute atomic E-state index is 11.9. The summed E-state index contributed by atoms with van der Waals surface area (Å²) < 4.78 is -0.774. The Bertz CT molecular complexity index is 418. The van der Waals surface area contributed by atoms with E-state index >= 15 is 0 Å². The van der Waals surface area contributed by atoms with Gasteiger partial charge in [-0.3, -0.25) is 9.59 Å². The fourth-order valence-electron chi connectivity index (χ4n) is 1.27. The van der Waals surface area contributed by atoms with Gasteiger partial charge in [-0.05, 0) is 26.7 Å². The average Bonchev–Trinajstić information content (AvgIpc) is 2.35. The molecule has 4 N–H and O–H groups in total. The van der Waals surface area contributed by atoms with Crippen molar-refractivity contribution in [3.63, 3.8) is 0 Å². The molecule has 0 fully saturated rings. The van der Waals surface area contributed by atoms with Crippen LogP contribution in [0.4, 0.5) is 0 Å². The molecule has 0 spiro atoms. The fourth-order valence-corrected chi connectivity index (χ4v) is 2.12. The van der Waals surface area contributed by atoms with Crippen LogP contribution in [-0.4, -0.2) is 39.1 Å². The number of thioether (sulfide) groups is 1. The minimum atomic E-state index is -1.10. The summed E-state index contributed by atoms with van der Waals surface area (Å²) >= 11 is 1.16. The van der Waals surface area contributed by atoms with Gasteiger partial charge in [-0.25, -0.2) is 0 Å². The van der Waals surface area contributed by atoms with E-state index < -0.39 is 22.3 Å². The number of carboxylic acids is 1. The van der Waals surface area contributed by atoms with E-state index in [0.29, 0.717) is 0 Å². The lowest BCUT2D eigenvalue weighted by molar-refractivity contribution is -0.139. The van der Waals surface area contributed by atoms with Gasteiger partial charge in [0.1, 0.15) is 11.6 Å². The second-order valence-corrected chi connectivity index (χ2v) is 7.35. The number of aliphatic carboxylic acids is 1. The number of amides is 1. The van der Waals surface area contributed by atoms with Gasteiger partial charge in [0, 0.05) is 4.75 Å². The molecule has 0 rings (SSSR count). The van der Waals surface area contributed by atoms with Gasteiger partial charge in [-0.15, -0.1) is 11.8 Å². The van der Waals surface area contributed by atoms with Crippen molar-refractivity contribution in [3.05, 3.63) is 0 Å². The number of hydrogen-bond acceptors (Lipinski definition) is 5. The van der Waals surface area contributed by atoms with E-state index in [1.54, 1.807) is 20.8 Å². The molecule has 114 valence electrons. The number of carbonyl (C=O) groups excluding carboxylic acids is 1. The van der Waals surface area contributed by atoms with Gasteiger partial charge in [-0.1, -0.05) is 13.8 Å².